The van der Waals surface area contributed by atoms with Gasteiger partial charge in [0.1, 0.15) is 23.9 Å². The van der Waals surface area contributed by atoms with E-state index < -0.39 is 17.7 Å². The van der Waals surface area contributed by atoms with Crippen molar-refractivity contribution >= 4 is 17.4 Å². The van der Waals surface area contributed by atoms with Crippen LogP contribution < -0.4 is 9.47 Å². The zero-order chi connectivity index (χ0) is 27.2. The number of hydrogen-bond acceptors (Lipinski definition) is 6. The molecule has 1 N–H and O–H groups in total. The van der Waals surface area contributed by atoms with E-state index >= 15 is 0 Å². The van der Waals surface area contributed by atoms with E-state index in [4.69, 9.17) is 14.2 Å². The summed E-state index contributed by atoms with van der Waals surface area (Å²) in [4.78, 5) is 27.8. The van der Waals surface area contributed by atoms with E-state index in [-0.39, 0.29) is 24.5 Å². The molecule has 0 radical (unpaired) electrons. The van der Waals surface area contributed by atoms with Crippen molar-refractivity contribution in [2.75, 3.05) is 26.9 Å². The van der Waals surface area contributed by atoms with Crippen molar-refractivity contribution in [1.82, 2.24) is 4.90 Å². The lowest BCUT2D eigenvalue weighted by Gasteiger charge is -2.25. The standard InChI is InChI=1S/C31H33NO6/c1-5-37-26-14-13-24(17-21(26)3)29(33)27-28(32(15-16-36-4)31(35)30(27)34)23-7-6-8-25(18-23)38-19-22-11-9-20(2)10-12-22/h6-14,17-18,28,33H,5,15-16,19H2,1-4H3/b29-27+. The number of aliphatic hydroxyl groups excluding tert-OH is 1. The molecule has 1 saturated heterocycles. The van der Waals surface area contributed by atoms with Crippen LogP contribution in [0.2, 0.25) is 0 Å². The van der Waals surface area contributed by atoms with Gasteiger partial charge in [-0.25, -0.2) is 0 Å². The smallest absolute Gasteiger partial charge is 0.295 e. The van der Waals surface area contributed by atoms with Gasteiger partial charge < -0.3 is 24.2 Å². The molecule has 38 heavy (non-hydrogen) atoms. The molecule has 7 heteroatoms. The number of aliphatic hydroxyl groups is 1. The van der Waals surface area contributed by atoms with Gasteiger partial charge in [0.25, 0.3) is 11.7 Å². The van der Waals surface area contributed by atoms with Gasteiger partial charge in [0.15, 0.2) is 0 Å². The van der Waals surface area contributed by atoms with Crippen LogP contribution in [0.25, 0.3) is 5.76 Å². The van der Waals surface area contributed by atoms with Gasteiger partial charge in [-0.1, -0.05) is 42.0 Å². The number of Topliss-reactive ketones (excluding diaryl/α,β-unsaturated/α-hetero) is 1. The molecule has 0 aliphatic carbocycles. The molecule has 1 fully saturated rings. The minimum Gasteiger partial charge on any atom is -0.507 e. The first kappa shape index (κ1) is 26.9. The second-order valence-electron chi connectivity index (χ2n) is 9.25. The van der Waals surface area contributed by atoms with Crippen LogP contribution >= 0.6 is 0 Å². The second kappa shape index (κ2) is 12.0. The summed E-state index contributed by atoms with van der Waals surface area (Å²) in [5.41, 5.74) is 4.14. The molecular formula is C31H33NO6. The molecule has 1 aliphatic heterocycles. The summed E-state index contributed by atoms with van der Waals surface area (Å²) in [5.74, 6) is -0.356. The third kappa shape index (κ3) is 5.73. The number of hydrogen-bond donors (Lipinski definition) is 1. The van der Waals surface area contributed by atoms with Crippen molar-refractivity contribution in [3.63, 3.8) is 0 Å². The topological polar surface area (TPSA) is 85.3 Å². The van der Waals surface area contributed by atoms with E-state index in [1.807, 2.05) is 63.2 Å². The lowest BCUT2D eigenvalue weighted by atomic mass is 9.94. The molecule has 0 bridgehead atoms. The first-order valence-corrected chi connectivity index (χ1v) is 12.6. The number of carbonyl (C=O) groups excluding carboxylic acids is 2. The Kier molecular flexibility index (Phi) is 8.48. The molecule has 198 valence electrons. The Bertz CT molecular complexity index is 1340. The number of ketones is 1. The summed E-state index contributed by atoms with van der Waals surface area (Å²) in [6.45, 7) is 7.12. The number of rotatable bonds is 10. The number of ether oxygens (including phenoxy) is 3. The van der Waals surface area contributed by atoms with Gasteiger partial charge in [-0.3, -0.25) is 9.59 Å². The van der Waals surface area contributed by atoms with Crippen molar-refractivity contribution in [2.45, 2.75) is 33.4 Å². The maximum atomic E-state index is 13.2. The van der Waals surface area contributed by atoms with Crippen molar-refractivity contribution in [3.05, 3.63) is 100 Å². The Morgan fingerprint density at radius 3 is 2.42 bits per heavy atom. The zero-order valence-corrected chi connectivity index (χ0v) is 22.2. The van der Waals surface area contributed by atoms with Crippen LogP contribution in [0.15, 0.2) is 72.3 Å². The molecule has 3 aromatic carbocycles. The van der Waals surface area contributed by atoms with E-state index in [1.165, 1.54) is 17.6 Å². The van der Waals surface area contributed by atoms with Crippen LogP contribution in [0.5, 0.6) is 11.5 Å². The Morgan fingerprint density at radius 1 is 0.974 bits per heavy atom. The molecule has 0 aromatic heterocycles. The summed E-state index contributed by atoms with van der Waals surface area (Å²) in [7, 11) is 1.54. The number of likely N-dealkylation sites (tertiary alicyclic amines) is 1. The zero-order valence-electron chi connectivity index (χ0n) is 22.2. The van der Waals surface area contributed by atoms with Gasteiger partial charge in [-0.15, -0.1) is 0 Å². The summed E-state index contributed by atoms with van der Waals surface area (Å²) in [5, 5.41) is 11.3. The highest BCUT2D eigenvalue weighted by atomic mass is 16.5. The largest absolute Gasteiger partial charge is 0.507 e. The number of methoxy groups -OCH3 is 1. The van der Waals surface area contributed by atoms with Crippen LogP contribution in [0, 0.1) is 13.8 Å². The molecule has 4 rings (SSSR count). The second-order valence-corrected chi connectivity index (χ2v) is 9.25. The molecule has 3 aromatic rings. The average Bonchev–Trinajstić information content (AvgIpc) is 3.17. The highest BCUT2D eigenvalue weighted by molar-refractivity contribution is 6.46. The van der Waals surface area contributed by atoms with Crippen LogP contribution in [0.1, 0.15) is 40.8 Å². The maximum Gasteiger partial charge on any atom is 0.295 e. The number of amides is 1. The molecule has 1 unspecified atom stereocenters. The Morgan fingerprint density at radius 2 is 1.74 bits per heavy atom. The fraction of sp³-hybridized carbons (Fsp3) is 0.290. The predicted octanol–water partition coefficient (Wildman–Crippen LogP) is 5.35. The fourth-order valence-electron chi connectivity index (χ4n) is 4.54. The van der Waals surface area contributed by atoms with Crippen molar-refractivity contribution in [3.8, 4) is 11.5 Å². The Balaban J connectivity index is 1.72. The molecular weight excluding hydrogens is 482 g/mol. The van der Waals surface area contributed by atoms with Gasteiger partial charge in [-0.2, -0.15) is 0 Å². The van der Waals surface area contributed by atoms with E-state index in [0.717, 1.165) is 11.1 Å². The number of aryl methyl sites for hydroxylation is 2. The van der Waals surface area contributed by atoms with Gasteiger partial charge in [0, 0.05) is 19.2 Å². The van der Waals surface area contributed by atoms with Crippen molar-refractivity contribution in [1.29, 1.82) is 0 Å². The summed E-state index contributed by atoms with van der Waals surface area (Å²) < 4.78 is 16.8. The van der Waals surface area contributed by atoms with Crippen LogP contribution in [-0.2, 0) is 20.9 Å². The van der Waals surface area contributed by atoms with E-state index in [0.29, 0.717) is 35.8 Å². The first-order chi connectivity index (χ1) is 18.3. The van der Waals surface area contributed by atoms with Crippen molar-refractivity contribution in [2.24, 2.45) is 0 Å². The van der Waals surface area contributed by atoms with Crippen LogP contribution in [-0.4, -0.2) is 48.6 Å². The molecule has 1 aliphatic rings. The molecule has 0 spiro atoms. The van der Waals surface area contributed by atoms with Crippen LogP contribution in [0.4, 0.5) is 0 Å². The van der Waals surface area contributed by atoms with E-state index in [1.54, 1.807) is 24.3 Å². The average molecular weight is 516 g/mol. The van der Waals surface area contributed by atoms with E-state index in [9.17, 15) is 14.7 Å². The third-order valence-corrected chi connectivity index (χ3v) is 6.52. The molecule has 7 nitrogen and oxygen atoms in total. The maximum absolute atomic E-state index is 13.2. The molecule has 1 heterocycles. The summed E-state index contributed by atoms with van der Waals surface area (Å²) >= 11 is 0. The van der Waals surface area contributed by atoms with Gasteiger partial charge >= 0.3 is 0 Å². The van der Waals surface area contributed by atoms with Crippen molar-refractivity contribution < 1.29 is 28.9 Å². The number of benzene rings is 3. The fourth-order valence-corrected chi connectivity index (χ4v) is 4.54. The Hall–Kier alpha value is -4.10. The highest BCUT2D eigenvalue weighted by Crippen LogP contribution is 2.40. The SMILES string of the molecule is CCOc1ccc(/C(O)=C2\C(=O)C(=O)N(CCOC)C2c2cccc(OCc3ccc(C)cc3)c2)cc1C. The third-order valence-electron chi connectivity index (χ3n) is 6.52. The lowest BCUT2D eigenvalue weighted by molar-refractivity contribution is -0.140. The number of nitrogens with zero attached hydrogens (tertiary/aromatic N) is 1. The monoisotopic (exact) mass is 515 g/mol. The Labute approximate surface area is 223 Å². The lowest BCUT2D eigenvalue weighted by Crippen LogP contribution is -2.32. The highest BCUT2D eigenvalue weighted by Gasteiger charge is 2.46. The summed E-state index contributed by atoms with van der Waals surface area (Å²) in [6.07, 6.45) is 0. The predicted molar refractivity (Wildman–Crippen MR) is 145 cm³/mol. The van der Waals surface area contributed by atoms with Gasteiger partial charge in [0.05, 0.1) is 24.8 Å². The molecule has 0 saturated carbocycles. The minimum absolute atomic E-state index is 0.0327. The normalized spacial score (nSPS) is 16.6. The molecule has 1 atom stereocenters. The number of carbonyl (C=O) groups is 2. The van der Waals surface area contributed by atoms with E-state index in [2.05, 4.69) is 0 Å². The van der Waals surface area contributed by atoms with Crippen LogP contribution in [0.3, 0.4) is 0 Å². The summed E-state index contributed by atoms with van der Waals surface area (Å²) in [6, 6.07) is 19.8. The quantitative estimate of drug-likeness (QED) is 0.223. The molecule has 1 amide bonds. The van der Waals surface area contributed by atoms with Gasteiger partial charge in [-0.05, 0) is 67.8 Å². The van der Waals surface area contributed by atoms with Gasteiger partial charge in [0.2, 0.25) is 0 Å². The first-order valence-electron chi connectivity index (χ1n) is 12.6. The minimum atomic E-state index is -0.792.